The Bertz CT molecular complexity index is 1350. The van der Waals surface area contributed by atoms with Crippen molar-refractivity contribution >= 4 is 39.3 Å². The molecule has 1 N–H and O–H groups in total. The summed E-state index contributed by atoms with van der Waals surface area (Å²) in [5.74, 6) is 0.176. The highest BCUT2D eigenvalue weighted by Gasteiger charge is 2.22. The summed E-state index contributed by atoms with van der Waals surface area (Å²) in [7, 11) is 0. The third-order valence-corrected chi connectivity index (χ3v) is 7.29. The molecule has 1 heterocycles. The standard InChI is InChI=1S/C26H24BrFN4O2S/c1-16-17(2)22(14-13-20(16)27)29-24(33)15-35-26-31-30-25(32(26)19-9-5-4-6-10-19)18(3)34-23-12-8-7-11-21(23)28/h4-14,18H,15H2,1-3H3,(H,29,33). The Morgan fingerprint density at radius 1 is 1.06 bits per heavy atom. The average molecular weight is 555 g/mol. The third kappa shape index (κ3) is 5.74. The monoisotopic (exact) mass is 554 g/mol. The maximum atomic E-state index is 14.1. The smallest absolute Gasteiger partial charge is 0.234 e. The van der Waals surface area contributed by atoms with E-state index in [9.17, 15) is 9.18 Å². The molecule has 9 heteroatoms. The Balaban J connectivity index is 1.55. The largest absolute Gasteiger partial charge is 0.480 e. The van der Waals surface area contributed by atoms with Crippen LogP contribution in [0.25, 0.3) is 5.69 Å². The first-order valence-corrected chi connectivity index (χ1v) is 12.7. The van der Waals surface area contributed by atoms with E-state index < -0.39 is 11.9 Å². The number of aromatic nitrogens is 3. The number of carbonyl (C=O) groups excluding carboxylic acids is 1. The molecule has 1 aromatic heterocycles. The Kier molecular flexibility index (Phi) is 7.87. The van der Waals surface area contributed by atoms with E-state index in [0.29, 0.717) is 11.0 Å². The van der Waals surface area contributed by atoms with Crippen molar-refractivity contribution in [3.63, 3.8) is 0 Å². The van der Waals surface area contributed by atoms with E-state index in [1.807, 2.05) is 60.9 Å². The first kappa shape index (κ1) is 24.9. The fraction of sp³-hybridized carbons (Fsp3) is 0.192. The number of amides is 1. The number of rotatable bonds is 8. The van der Waals surface area contributed by atoms with Crippen LogP contribution in [0.3, 0.4) is 0 Å². The molecule has 0 saturated carbocycles. The lowest BCUT2D eigenvalue weighted by atomic mass is 10.1. The second kappa shape index (κ2) is 11.0. The Morgan fingerprint density at radius 3 is 2.51 bits per heavy atom. The zero-order chi connectivity index (χ0) is 24.9. The number of anilines is 1. The zero-order valence-electron chi connectivity index (χ0n) is 19.5. The van der Waals surface area contributed by atoms with Crippen LogP contribution in [0.5, 0.6) is 5.75 Å². The van der Waals surface area contributed by atoms with Crippen molar-refractivity contribution in [2.75, 3.05) is 11.1 Å². The van der Waals surface area contributed by atoms with Gasteiger partial charge in [0.25, 0.3) is 0 Å². The normalized spacial score (nSPS) is 11.8. The highest BCUT2D eigenvalue weighted by atomic mass is 79.9. The van der Waals surface area contributed by atoms with Crippen molar-refractivity contribution in [1.29, 1.82) is 0 Å². The number of nitrogens with one attached hydrogen (secondary N) is 1. The van der Waals surface area contributed by atoms with E-state index in [2.05, 4.69) is 31.4 Å². The molecule has 6 nitrogen and oxygen atoms in total. The van der Waals surface area contributed by atoms with Crippen LogP contribution in [-0.4, -0.2) is 26.4 Å². The minimum atomic E-state index is -0.587. The van der Waals surface area contributed by atoms with Crippen molar-refractivity contribution in [1.82, 2.24) is 14.8 Å². The molecule has 0 aliphatic carbocycles. The lowest BCUT2D eigenvalue weighted by Crippen LogP contribution is -2.16. The van der Waals surface area contributed by atoms with E-state index in [4.69, 9.17) is 4.74 Å². The minimum absolute atomic E-state index is 0.136. The summed E-state index contributed by atoms with van der Waals surface area (Å²) in [6.07, 6.45) is -0.587. The quantitative estimate of drug-likeness (QED) is 0.247. The first-order chi connectivity index (χ1) is 16.8. The lowest BCUT2D eigenvalue weighted by Gasteiger charge is -2.17. The summed E-state index contributed by atoms with van der Waals surface area (Å²) in [5.41, 5.74) is 3.67. The fourth-order valence-corrected chi connectivity index (χ4v) is 4.67. The van der Waals surface area contributed by atoms with E-state index in [1.54, 1.807) is 25.1 Å². The maximum absolute atomic E-state index is 14.1. The van der Waals surface area contributed by atoms with E-state index in [1.165, 1.54) is 17.8 Å². The van der Waals surface area contributed by atoms with E-state index >= 15 is 0 Å². The van der Waals surface area contributed by atoms with Gasteiger partial charge in [-0.2, -0.15) is 0 Å². The van der Waals surface area contributed by atoms with Crippen LogP contribution in [0.2, 0.25) is 0 Å². The molecule has 0 spiro atoms. The van der Waals surface area contributed by atoms with Gasteiger partial charge in [-0.3, -0.25) is 9.36 Å². The summed E-state index contributed by atoms with van der Waals surface area (Å²) < 4.78 is 22.8. The summed E-state index contributed by atoms with van der Waals surface area (Å²) in [4.78, 5) is 12.7. The number of ether oxygens (including phenoxy) is 1. The SMILES string of the molecule is Cc1c(Br)ccc(NC(=O)CSc2nnc(C(C)Oc3ccccc3F)n2-c2ccccc2)c1C. The molecule has 0 bridgehead atoms. The Morgan fingerprint density at radius 2 is 1.77 bits per heavy atom. The number of nitrogens with zero attached hydrogens (tertiary/aromatic N) is 3. The van der Waals surface area contributed by atoms with Gasteiger partial charge >= 0.3 is 0 Å². The van der Waals surface area contributed by atoms with Gasteiger partial charge in [-0.15, -0.1) is 10.2 Å². The number of hydrogen-bond donors (Lipinski definition) is 1. The van der Waals surface area contributed by atoms with Gasteiger partial charge < -0.3 is 10.1 Å². The molecular formula is C26H24BrFN4O2S. The molecule has 0 fully saturated rings. The number of para-hydroxylation sites is 2. The summed E-state index contributed by atoms with van der Waals surface area (Å²) >= 11 is 4.78. The molecule has 0 aliphatic heterocycles. The lowest BCUT2D eigenvalue weighted by molar-refractivity contribution is -0.113. The van der Waals surface area contributed by atoms with Crippen LogP contribution in [0.15, 0.2) is 76.4 Å². The predicted molar refractivity (Wildman–Crippen MR) is 140 cm³/mol. The predicted octanol–water partition coefficient (Wildman–Crippen LogP) is 6.66. The van der Waals surface area contributed by atoms with Crippen LogP contribution in [0.4, 0.5) is 10.1 Å². The van der Waals surface area contributed by atoms with Crippen molar-refractivity contribution in [3.8, 4) is 11.4 Å². The molecule has 1 unspecified atom stereocenters. The van der Waals surface area contributed by atoms with Gasteiger partial charge in [-0.25, -0.2) is 4.39 Å². The molecule has 0 radical (unpaired) electrons. The van der Waals surface area contributed by atoms with Gasteiger partial charge in [0.05, 0.1) is 5.75 Å². The molecule has 0 saturated heterocycles. The van der Waals surface area contributed by atoms with Gasteiger partial charge in [0.15, 0.2) is 28.7 Å². The van der Waals surface area contributed by atoms with Crippen LogP contribution in [0, 0.1) is 19.7 Å². The van der Waals surface area contributed by atoms with Gasteiger partial charge in [0.2, 0.25) is 5.91 Å². The average Bonchev–Trinajstić information content (AvgIpc) is 3.29. The van der Waals surface area contributed by atoms with Crippen molar-refractivity contribution in [2.45, 2.75) is 32.0 Å². The fourth-order valence-electron chi connectivity index (χ4n) is 3.48. The molecule has 35 heavy (non-hydrogen) atoms. The molecule has 4 aromatic rings. The van der Waals surface area contributed by atoms with Gasteiger partial charge in [-0.1, -0.05) is 58.0 Å². The van der Waals surface area contributed by atoms with Crippen molar-refractivity contribution in [2.24, 2.45) is 0 Å². The van der Waals surface area contributed by atoms with Crippen molar-refractivity contribution in [3.05, 3.63) is 94.0 Å². The molecule has 3 aromatic carbocycles. The number of halogens is 2. The number of benzene rings is 3. The molecule has 0 aliphatic rings. The third-order valence-electron chi connectivity index (χ3n) is 5.50. The number of carbonyl (C=O) groups is 1. The highest BCUT2D eigenvalue weighted by Crippen LogP contribution is 2.30. The van der Waals surface area contributed by atoms with E-state index in [0.717, 1.165) is 27.0 Å². The van der Waals surface area contributed by atoms with Crippen molar-refractivity contribution < 1.29 is 13.9 Å². The Labute approximate surface area is 216 Å². The molecule has 1 atom stereocenters. The summed E-state index contributed by atoms with van der Waals surface area (Å²) in [5, 5.41) is 12.1. The maximum Gasteiger partial charge on any atom is 0.234 e. The number of hydrogen-bond acceptors (Lipinski definition) is 5. The highest BCUT2D eigenvalue weighted by molar-refractivity contribution is 9.10. The Hall–Kier alpha value is -3.17. The van der Waals surface area contributed by atoms with Gasteiger partial charge in [-0.05, 0) is 68.3 Å². The van der Waals surface area contributed by atoms with Crippen LogP contribution in [-0.2, 0) is 4.79 Å². The van der Waals surface area contributed by atoms with Gasteiger partial charge in [0, 0.05) is 15.8 Å². The number of thioether (sulfide) groups is 1. The zero-order valence-corrected chi connectivity index (χ0v) is 21.9. The molecule has 180 valence electrons. The van der Waals surface area contributed by atoms with Crippen LogP contribution >= 0.6 is 27.7 Å². The summed E-state index contributed by atoms with van der Waals surface area (Å²) in [6, 6.07) is 19.6. The summed E-state index contributed by atoms with van der Waals surface area (Å²) in [6.45, 7) is 5.76. The topological polar surface area (TPSA) is 69.0 Å². The van der Waals surface area contributed by atoms with Crippen LogP contribution in [0.1, 0.15) is 30.0 Å². The minimum Gasteiger partial charge on any atom is -0.480 e. The van der Waals surface area contributed by atoms with Gasteiger partial charge in [0.1, 0.15) is 0 Å². The molecular weight excluding hydrogens is 531 g/mol. The van der Waals surface area contributed by atoms with E-state index in [-0.39, 0.29) is 17.4 Å². The molecule has 1 amide bonds. The van der Waals surface area contributed by atoms with Crippen LogP contribution < -0.4 is 10.1 Å². The molecule has 4 rings (SSSR count). The second-order valence-electron chi connectivity index (χ2n) is 7.88. The second-order valence-corrected chi connectivity index (χ2v) is 9.68. The first-order valence-electron chi connectivity index (χ1n) is 11.0.